The van der Waals surface area contributed by atoms with Crippen LogP contribution < -0.4 is 20.4 Å². The molecule has 0 aliphatic heterocycles. The summed E-state index contributed by atoms with van der Waals surface area (Å²) in [7, 11) is 0. The van der Waals surface area contributed by atoms with E-state index in [-0.39, 0.29) is 52.6 Å². The van der Waals surface area contributed by atoms with Crippen LogP contribution in [0.25, 0.3) is 0 Å². The van der Waals surface area contributed by atoms with E-state index in [1.807, 2.05) is 20.8 Å². The minimum atomic E-state index is -1.40. The molecule has 0 spiro atoms. The maximum absolute atomic E-state index is 10.9. The van der Waals surface area contributed by atoms with E-state index in [0.29, 0.717) is 0 Å². The van der Waals surface area contributed by atoms with Crippen molar-refractivity contribution in [2.24, 2.45) is 5.92 Å². The van der Waals surface area contributed by atoms with E-state index in [4.69, 9.17) is 4.74 Å². The quantitative estimate of drug-likeness (QED) is 0.319. The Hall–Kier alpha value is -0.397. The first kappa shape index (κ1) is 37.4. The van der Waals surface area contributed by atoms with Crippen molar-refractivity contribution in [1.29, 1.82) is 0 Å². The van der Waals surface area contributed by atoms with E-state index in [0.717, 1.165) is 24.8 Å². The van der Waals surface area contributed by atoms with Crippen LogP contribution in [0, 0.1) is 5.92 Å². The van der Waals surface area contributed by atoms with Crippen LogP contribution in [-0.2, 0) is 40.5 Å². The fraction of sp³-hybridized carbons (Fsp3) is 0.789. The average Bonchev–Trinajstić information content (AvgIpc) is 2.59. The van der Waals surface area contributed by atoms with Gasteiger partial charge < -0.3 is 30.0 Å². The molecular weight excluding hydrogens is 431 g/mol. The molecule has 0 amide bonds. The molecule has 0 saturated heterocycles. The third-order valence-electron chi connectivity index (χ3n) is 2.37. The molecule has 27 heavy (non-hydrogen) atoms. The van der Waals surface area contributed by atoms with E-state index in [2.05, 4.69) is 6.58 Å². The van der Waals surface area contributed by atoms with Crippen LogP contribution in [0.15, 0.2) is 12.2 Å². The molecule has 2 atom stereocenters. The summed E-state index contributed by atoms with van der Waals surface area (Å²) in [5.74, 6) is -3.06. The molecule has 0 aromatic carbocycles. The molecular formula is C19H36O7Zr. The van der Waals surface area contributed by atoms with Crippen molar-refractivity contribution in [1.82, 2.24) is 0 Å². The fourth-order valence-electron chi connectivity index (χ4n) is 1.06. The summed E-state index contributed by atoms with van der Waals surface area (Å²) in [4.78, 5) is 21.5. The number of aliphatic carboxylic acids is 1. The molecule has 0 N–H and O–H groups in total. The number of carboxylic acids is 1. The van der Waals surface area contributed by atoms with Crippen LogP contribution in [0.3, 0.4) is 0 Å². The second kappa shape index (κ2) is 30.3. The molecule has 8 heteroatoms. The molecule has 0 heterocycles. The van der Waals surface area contributed by atoms with Gasteiger partial charge in [-0.15, -0.1) is 19.8 Å². The predicted octanol–water partition coefficient (Wildman–Crippen LogP) is -0.810. The Labute approximate surface area is 183 Å². The molecule has 0 fully saturated rings. The third kappa shape index (κ3) is 37.1. The molecule has 0 bridgehead atoms. The summed E-state index contributed by atoms with van der Waals surface area (Å²) >= 11 is 0. The van der Waals surface area contributed by atoms with E-state index in [9.17, 15) is 30.0 Å². The van der Waals surface area contributed by atoms with Crippen molar-refractivity contribution in [3.05, 3.63) is 12.2 Å². The summed E-state index contributed by atoms with van der Waals surface area (Å²) in [5.41, 5.74) is 0.775. The van der Waals surface area contributed by atoms with E-state index < -0.39 is 23.8 Å². The van der Waals surface area contributed by atoms with Crippen LogP contribution >= 0.6 is 0 Å². The number of hydrogen-bond acceptors (Lipinski definition) is 7. The van der Waals surface area contributed by atoms with Gasteiger partial charge in [0.05, 0.1) is 24.6 Å². The molecule has 158 valence electrons. The van der Waals surface area contributed by atoms with Crippen molar-refractivity contribution in [2.75, 3.05) is 26.4 Å². The maximum Gasteiger partial charge on any atom is 4.00 e. The minimum Gasteiger partial charge on any atom is -0.854 e. The van der Waals surface area contributed by atoms with Gasteiger partial charge in [0.25, 0.3) is 0 Å². The Balaban J connectivity index is -0.000000102. The summed E-state index contributed by atoms with van der Waals surface area (Å²) in [6.07, 6.45) is 1.61. The number of ether oxygens (including phenoxy) is 1. The Bertz CT molecular complexity index is 307. The van der Waals surface area contributed by atoms with Gasteiger partial charge in [0.1, 0.15) is 5.78 Å². The van der Waals surface area contributed by atoms with Gasteiger partial charge in [0.15, 0.2) is 0 Å². The molecule has 0 radical (unpaired) electrons. The summed E-state index contributed by atoms with van der Waals surface area (Å²) < 4.78 is 5.15. The maximum atomic E-state index is 10.9. The van der Waals surface area contributed by atoms with Crippen molar-refractivity contribution < 1.29 is 61.0 Å². The van der Waals surface area contributed by atoms with Crippen LogP contribution in [0.5, 0.6) is 0 Å². The number of ketones is 1. The first-order chi connectivity index (χ1) is 12.1. The molecule has 0 rings (SSSR count). The first-order valence-corrected chi connectivity index (χ1v) is 8.82. The number of carbonyl (C=O) groups is 2. The standard InChI is InChI=1S/C10H16O4.3C3H7O.Zr/c1-6(2)5-14-8(4)9(7(3)11)10(12)13;3*1-2-3-4;/h8-9H,1,5H2,2-4H3,(H,12,13);3*2-3H2,1H3;/q;3*-1;+4/p-1. The van der Waals surface area contributed by atoms with Gasteiger partial charge in [-0.3, -0.25) is 4.79 Å². The smallest absolute Gasteiger partial charge is 0.854 e. The van der Waals surface area contributed by atoms with Gasteiger partial charge >= 0.3 is 26.2 Å². The Morgan fingerprint density at radius 1 is 0.926 bits per heavy atom. The van der Waals surface area contributed by atoms with Crippen LogP contribution in [0.1, 0.15) is 60.8 Å². The van der Waals surface area contributed by atoms with E-state index in [1.54, 1.807) is 6.92 Å². The Morgan fingerprint density at radius 3 is 1.37 bits per heavy atom. The van der Waals surface area contributed by atoms with Crippen molar-refractivity contribution in [2.45, 2.75) is 66.9 Å². The van der Waals surface area contributed by atoms with Gasteiger partial charge in [0.2, 0.25) is 0 Å². The largest absolute Gasteiger partial charge is 4.00 e. The number of carboxylic acid groups (broad SMARTS) is 1. The molecule has 7 nitrogen and oxygen atoms in total. The molecule has 0 aromatic heterocycles. The predicted molar refractivity (Wildman–Crippen MR) is 94.9 cm³/mol. The summed E-state index contributed by atoms with van der Waals surface area (Å²) in [5, 5.41) is 38.5. The van der Waals surface area contributed by atoms with Gasteiger partial charge in [0, 0.05) is 0 Å². The van der Waals surface area contributed by atoms with E-state index >= 15 is 0 Å². The number of carbonyl (C=O) groups excluding carboxylic acids is 2. The molecule has 0 aliphatic carbocycles. The van der Waals surface area contributed by atoms with E-state index in [1.165, 1.54) is 13.8 Å². The first-order valence-electron chi connectivity index (χ1n) is 8.82. The topological polar surface area (TPSA) is 136 Å². The van der Waals surface area contributed by atoms with Crippen LogP contribution in [0.2, 0.25) is 0 Å². The number of hydrogen-bond donors (Lipinski definition) is 0. The average molecular weight is 468 g/mol. The number of Topliss-reactive ketones (excluding diaryl/α,β-unsaturated/α-hetero) is 1. The van der Waals surface area contributed by atoms with Gasteiger partial charge in [-0.1, -0.05) is 52.2 Å². The van der Waals surface area contributed by atoms with Gasteiger partial charge in [-0.25, -0.2) is 0 Å². The zero-order valence-corrected chi connectivity index (χ0v) is 20.1. The Kier molecular flexibility index (Phi) is 42.0. The molecule has 0 saturated carbocycles. The Morgan fingerprint density at radius 2 is 1.22 bits per heavy atom. The summed E-state index contributed by atoms with van der Waals surface area (Å²) in [6, 6.07) is 0. The minimum absolute atomic E-state index is 0. The summed E-state index contributed by atoms with van der Waals surface area (Å²) in [6.45, 7) is 14.2. The van der Waals surface area contributed by atoms with Gasteiger partial charge in [-0.2, -0.15) is 0 Å². The van der Waals surface area contributed by atoms with Crippen molar-refractivity contribution in [3.63, 3.8) is 0 Å². The zero-order valence-electron chi connectivity index (χ0n) is 17.7. The number of rotatable bonds is 9. The SMILES string of the molecule is C=C(C)COC(C)C(C(C)=O)C(=O)[O-].CCC[O-].CCC[O-].CCC[O-].[Zr+4]. The van der Waals surface area contributed by atoms with Crippen LogP contribution in [0.4, 0.5) is 0 Å². The van der Waals surface area contributed by atoms with Gasteiger partial charge in [-0.05, 0) is 20.8 Å². The third-order valence-corrected chi connectivity index (χ3v) is 2.37. The second-order valence-electron chi connectivity index (χ2n) is 5.49. The fourth-order valence-corrected chi connectivity index (χ4v) is 1.06. The van der Waals surface area contributed by atoms with Crippen molar-refractivity contribution in [3.8, 4) is 0 Å². The normalized spacial score (nSPS) is 10.9. The molecule has 0 aromatic rings. The molecule has 2 unspecified atom stereocenters. The van der Waals surface area contributed by atoms with Crippen molar-refractivity contribution >= 4 is 11.8 Å². The van der Waals surface area contributed by atoms with Crippen LogP contribution in [-0.4, -0.2) is 44.3 Å². The monoisotopic (exact) mass is 466 g/mol. The zero-order chi connectivity index (χ0) is 21.5. The molecule has 0 aliphatic rings. The second-order valence-corrected chi connectivity index (χ2v) is 5.49.